The molecule has 1 heterocycles. The topological polar surface area (TPSA) is 47.6 Å². The van der Waals surface area contributed by atoms with E-state index in [1.165, 1.54) is 7.11 Å². The summed E-state index contributed by atoms with van der Waals surface area (Å²) in [5.41, 5.74) is 0.230. The summed E-state index contributed by atoms with van der Waals surface area (Å²) in [5, 5.41) is 3.25. The van der Waals surface area contributed by atoms with Gasteiger partial charge in [-0.3, -0.25) is 4.79 Å². The van der Waals surface area contributed by atoms with Crippen molar-refractivity contribution in [1.82, 2.24) is 5.32 Å². The third-order valence-electron chi connectivity index (χ3n) is 3.12. The Balaban J connectivity index is 1.93. The molecule has 2 rings (SSSR count). The van der Waals surface area contributed by atoms with Crippen molar-refractivity contribution in [3.63, 3.8) is 0 Å². The fourth-order valence-electron chi connectivity index (χ4n) is 2.32. The van der Waals surface area contributed by atoms with Crippen LogP contribution in [-0.2, 0) is 14.3 Å². The Morgan fingerprint density at radius 3 is 2.92 bits per heavy atom. The highest BCUT2D eigenvalue weighted by molar-refractivity contribution is 5.76. The highest BCUT2D eigenvalue weighted by atomic mass is 16.5. The molecule has 3 atom stereocenters. The summed E-state index contributed by atoms with van der Waals surface area (Å²) in [5.74, 6) is -0.150. The van der Waals surface area contributed by atoms with Gasteiger partial charge in [0.25, 0.3) is 0 Å². The van der Waals surface area contributed by atoms with Gasteiger partial charge in [-0.25, -0.2) is 0 Å². The van der Waals surface area contributed by atoms with Crippen LogP contribution in [0, 0.1) is 5.41 Å². The third kappa shape index (κ3) is 1.34. The van der Waals surface area contributed by atoms with Crippen molar-refractivity contribution in [2.45, 2.75) is 24.9 Å². The van der Waals surface area contributed by atoms with Crippen molar-refractivity contribution >= 4 is 5.97 Å². The van der Waals surface area contributed by atoms with Gasteiger partial charge in [0.2, 0.25) is 0 Å². The Bertz CT molecular complexity index is 231. The number of ether oxygens (including phenoxy) is 2. The first-order chi connectivity index (χ1) is 6.22. The van der Waals surface area contributed by atoms with Crippen LogP contribution < -0.4 is 5.32 Å². The highest BCUT2D eigenvalue weighted by Crippen LogP contribution is 2.54. The first-order valence-corrected chi connectivity index (χ1v) is 4.55. The third-order valence-corrected chi connectivity index (χ3v) is 3.12. The molecular weight excluding hydrogens is 170 g/mol. The Kier molecular flexibility index (Phi) is 2.04. The molecule has 74 valence electrons. The second-order valence-corrected chi connectivity index (χ2v) is 4.00. The molecule has 0 aromatic rings. The van der Waals surface area contributed by atoms with E-state index in [0.29, 0.717) is 6.04 Å². The van der Waals surface area contributed by atoms with Gasteiger partial charge in [0, 0.05) is 18.6 Å². The number of hydrogen-bond acceptors (Lipinski definition) is 4. The summed E-state index contributed by atoms with van der Waals surface area (Å²) in [4.78, 5) is 11.2. The van der Waals surface area contributed by atoms with E-state index in [0.717, 1.165) is 19.4 Å². The smallest absolute Gasteiger partial charge is 0.322 e. The molecule has 0 spiro atoms. The second-order valence-electron chi connectivity index (χ2n) is 4.00. The summed E-state index contributed by atoms with van der Waals surface area (Å²) >= 11 is 0. The van der Waals surface area contributed by atoms with E-state index in [-0.39, 0.29) is 17.4 Å². The fraction of sp³-hybridized carbons (Fsp3) is 0.889. The van der Waals surface area contributed by atoms with Crippen molar-refractivity contribution in [3.8, 4) is 0 Å². The minimum Gasteiger partial charge on any atom is -0.468 e. The molecule has 1 saturated carbocycles. The SMILES string of the molecule is COC[C@]12CC(C(=O)OC)NC1C2. The first kappa shape index (κ1) is 8.97. The number of hydrogen-bond donors (Lipinski definition) is 1. The van der Waals surface area contributed by atoms with Crippen LogP contribution in [0.15, 0.2) is 0 Å². The Labute approximate surface area is 77.6 Å². The quantitative estimate of drug-likeness (QED) is 0.625. The van der Waals surface area contributed by atoms with Crippen LogP contribution in [0.1, 0.15) is 12.8 Å². The molecule has 4 heteroatoms. The number of rotatable bonds is 3. The zero-order valence-corrected chi connectivity index (χ0v) is 8.00. The lowest BCUT2D eigenvalue weighted by molar-refractivity contribution is -0.143. The molecule has 0 radical (unpaired) electrons. The summed E-state index contributed by atoms with van der Waals surface area (Å²) in [6, 6.07) is 0.357. The van der Waals surface area contributed by atoms with E-state index in [1.54, 1.807) is 7.11 Å². The predicted molar refractivity (Wildman–Crippen MR) is 46.3 cm³/mol. The lowest BCUT2D eigenvalue weighted by Gasteiger charge is -2.13. The molecule has 1 N–H and O–H groups in total. The van der Waals surface area contributed by atoms with Crippen molar-refractivity contribution < 1.29 is 14.3 Å². The minimum absolute atomic E-state index is 0.112. The van der Waals surface area contributed by atoms with Gasteiger partial charge in [-0.1, -0.05) is 0 Å². The van der Waals surface area contributed by atoms with E-state index < -0.39 is 0 Å². The molecule has 1 aliphatic carbocycles. The van der Waals surface area contributed by atoms with Gasteiger partial charge in [0.1, 0.15) is 6.04 Å². The summed E-state index contributed by atoms with van der Waals surface area (Å²) in [6.45, 7) is 0.748. The monoisotopic (exact) mass is 185 g/mol. The van der Waals surface area contributed by atoms with Crippen molar-refractivity contribution in [3.05, 3.63) is 0 Å². The van der Waals surface area contributed by atoms with Crippen molar-refractivity contribution in [1.29, 1.82) is 0 Å². The van der Waals surface area contributed by atoms with Crippen LogP contribution in [0.25, 0.3) is 0 Å². The number of piperidine rings is 1. The second kappa shape index (κ2) is 2.96. The Hall–Kier alpha value is -0.610. The van der Waals surface area contributed by atoms with Crippen LogP contribution in [0.5, 0.6) is 0 Å². The zero-order valence-electron chi connectivity index (χ0n) is 8.00. The number of nitrogens with one attached hydrogen (secondary N) is 1. The average Bonchev–Trinajstić information content (AvgIpc) is 2.67. The van der Waals surface area contributed by atoms with Gasteiger partial charge in [-0.2, -0.15) is 0 Å². The first-order valence-electron chi connectivity index (χ1n) is 4.55. The zero-order chi connectivity index (χ0) is 9.47. The molecule has 1 saturated heterocycles. The number of carbonyl (C=O) groups is 1. The molecule has 2 aliphatic rings. The lowest BCUT2D eigenvalue weighted by atomic mass is 10.0. The van der Waals surface area contributed by atoms with Gasteiger partial charge in [0.15, 0.2) is 0 Å². The molecule has 0 amide bonds. The molecule has 2 fully saturated rings. The normalized spacial score (nSPS) is 41.4. The number of methoxy groups -OCH3 is 2. The van der Waals surface area contributed by atoms with E-state index in [9.17, 15) is 4.79 Å². The van der Waals surface area contributed by atoms with Gasteiger partial charge in [0.05, 0.1) is 13.7 Å². The Morgan fingerprint density at radius 2 is 2.31 bits per heavy atom. The number of carbonyl (C=O) groups excluding carboxylic acids is 1. The van der Waals surface area contributed by atoms with E-state index >= 15 is 0 Å². The van der Waals surface area contributed by atoms with Crippen molar-refractivity contribution in [2.24, 2.45) is 5.41 Å². The van der Waals surface area contributed by atoms with Gasteiger partial charge in [-0.05, 0) is 12.8 Å². The molecule has 2 unspecified atom stereocenters. The average molecular weight is 185 g/mol. The molecular formula is C9H15NO3. The van der Waals surface area contributed by atoms with E-state index in [4.69, 9.17) is 4.74 Å². The van der Waals surface area contributed by atoms with Crippen LogP contribution in [0.4, 0.5) is 0 Å². The van der Waals surface area contributed by atoms with Crippen LogP contribution in [0.2, 0.25) is 0 Å². The largest absolute Gasteiger partial charge is 0.468 e. The molecule has 1 aliphatic heterocycles. The maximum atomic E-state index is 11.2. The number of fused-ring (bicyclic) bond motifs is 1. The van der Waals surface area contributed by atoms with E-state index in [2.05, 4.69) is 10.1 Å². The summed E-state index contributed by atoms with van der Waals surface area (Å²) in [6.07, 6.45) is 1.99. The standard InChI is InChI=1S/C9H15NO3/c1-12-5-9-3-6(8(11)13-2)10-7(9)4-9/h6-7,10H,3-5H2,1-2H3/t6?,7?,9-/m1/s1. The molecule has 0 aromatic heterocycles. The summed E-state index contributed by atoms with van der Waals surface area (Å²) < 4.78 is 9.82. The summed E-state index contributed by atoms with van der Waals surface area (Å²) in [7, 11) is 3.13. The lowest BCUT2D eigenvalue weighted by Crippen LogP contribution is -2.34. The predicted octanol–water partition coefficient (Wildman–Crippen LogP) is -0.0736. The number of esters is 1. The van der Waals surface area contributed by atoms with Gasteiger partial charge >= 0.3 is 5.97 Å². The van der Waals surface area contributed by atoms with E-state index in [1.807, 2.05) is 0 Å². The molecule has 4 nitrogen and oxygen atoms in total. The molecule has 13 heavy (non-hydrogen) atoms. The molecule has 0 aromatic carbocycles. The maximum Gasteiger partial charge on any atom is 0.322 e. The van der Waals surface area contributed by atoms with Crippen LogP contribution in [-0.4, -0.2) is 38.9 Å². The molecule has 0 bridgehead atoms. The van der Waals surface area contributed by atoms with Crippen LogP contribution >= 0.6 is 0 Å². The van der Waals surface area contributed by atoms with Gasteiger partial charge < -0.3 is 14.8 Å². The van der Waals surface area contributed by atoms with Gasteiger partial charge in [-0.15, -0.1) is 0 Å². The Morgan fingerprint density at radius 1 is 1.54 bits per heavy atom. The maximum absolute atomic E-state index is 11.2. The highest BCUT2D eigenvalue weighted by Gasteiger charge is 2.61. The fourth-order valence-corrected chi connectivity index (χ4v) is 2.32. The van der Waals surface area contributed by atoms with Crippen molar-refractivity contribution in [2.75, 3.05) is 20.8 Å². The van der Waals surface area contributed by atoms with Crippen LogP contribution in [0.3, 0.4) is 0 Å². The minimum atomic E-state index is -0.150.